The molecule has 3 atom stereocenters. The lowest BCUT2D eigenvalue weighted by Gasteiger charge is -2.39. The maximum atomic E-state index is 14.0. The van der Waals surface area contributed by atoms with Gasteiger partial charge >= 0.3 is 0 Å². The Balaban J connectivity index is 2.00. The van der Waals surface area contributed by atoms with Gasteiger partial charge in [-0.1, -0.05) is 20.8 Å². The van der Waals surface area contributed by atoms with E-state index < -0.39 is 12.3 Å². The summed E-state index contributed by atoms with van der Waals surface area (Å²) >= 11 is 0. The summed E-state index contributed by atoms with van der Waals surface area (Å²) in [7, 11) is 0. The summed E-state index contributed by atoms with van der Waals surface area (Å²) in [6.07, 6.45) is 3.23. The monoisotopic (exact) mass is 271 g/mol. The number of rotatable bonds is 2. The first-order valence-electron chi connectivity index (χ1n) is 7.33. The molecule has 1 aliphatic carbocycles. The lowest BCUT2D eigenvalue weighted by molar-refractivity contribution is -0.138. The van der Waals surface area contributed by atoms with E-state index in [-0.39, 0.29) is 30.2 Å². The number of nitrogens with zero attached hydrogens (tertiary/aromatic N) is 1. The SMILES string of the molecule is CC1CC(C(=O)N2CCC(F)(CO)C2)CC(C)(C)C1. The van der Waals surface area contributed by atoms with Crippen molar-refractivity contribution in [2.45, 2.75) is 52.1 Å². The van der Waals surface area contributed by atoms with Crippen LogP contribution in [0.4, 0.5) is 4.39 Å². The van der Waals surface area contributed by atoms with E-state index in [4.69, 9.17) is 5.11 Å². The van der Waals surface area contributed by atoms with Crippen LogP contribution in [0.3, 0.4) is 0 Å². The van der Waals surface area contributed by atoms with Crippen LogP contribution in [0.2, 0.25) is 0 Å². The van der Waals surface area contributed by atoms with Crippen LogP contribution in [0.1, 0.15) is 46.5 Å². The molecule has 19 heavy (non-hydrogen) atoms. The first-order chi connectivity index (χ1) is 8.75. The van der Waals surface area contributed by atoms with E-state index >= 15 is 0 Å². The maximum Gasteiger partial charge on any atom is 0.225 e. The van der Waals surface area contributed by atoms with E-state index in [1.54, 1.807) is 4.90 Å². The molecule has 4 heteroatoms. The van der Waals surface area contributed by atoms with Crippen LogP contribution >= 0.6 is 0 Å². The molecule has 2 aliphatic rings. The third-order valence-electron chi connectivity index (χ3n) is 4.64. The molecule has 0 spiro atoms. The van der Waals surface area contributed by atoms with Crippen LogP contribution in [-0.4, -0.2) is 41.3 Å². The van der Waals surface area contributed by atoms with Crippen LogP contribution in [0, 0.1) is 17.3 Å². The predicted octanol–water partition coefficient (Wildman–Crippen LogP) is 2.38. The average molecular weight is 271 g/mol. The van der Waals surface area contributed by atoms with Gasteiger partial charge in [0.1, 0.15) is 0 Å². The second-order valence-corrected chi connectivity index (χ2v) is 7.43. The van der Waals surface area contributed by atoms with E-state index in [2.05, 4.69) is 20.8 Å². The molecular weight excluding hydrogens is 245 g/mol. The average Bonchev–Trinajstić information content (AvgIpc) is 2.69. The number of hydrogen-bond donors (Lipinski definition) is 1. The lowest BCUT2D eigenvalue weighted by atomic mass is 9.67. The van der Waals surface area contributed by atoms with Gasteiger partial charge in [-0.2, -0.15) is 0 Å². The summed E-state index contributed by atoms with van der Waals surface area (Å²) in [6.45, 7) is 6.64. The highest BCUT2D eigenvalue weighted by molar-refractivity contribution is 5.79. The van der Waals surface area contributed by atoms with E-state index in [1.807, 2.05) is 0 Å². The second kappa shape index (κ2) is 5.04. The molecular formula is C15H26FNO2. The summed E-state index contributed by atoms with van der Waals surface area (Å²) < 4.78 is 14.0. The first-order valence-corrected chi connectivity index (χ1v) is 7.33. The van der Waals surface area contributed by atoms with Crippen molar-refractivity contribution in [2.75, 3.05) is 19.7 Å². The van der Waals surface area contributed by atoms with Crippen LogP contribution < -0.4 is 0 Å². The molecule has 1 N–H and O–H groups in total. The second-order valence-electron chi connectivity index (χ2n) is 7.43. The van der Waals surface area contributed by atoms with Crippen molar-refractivity contribution in [3.8, 4) is 0 Å². The fourth-order valence-electron chi connectivity index (χ4n) is 3.95. The number of halogens is 1. The molecule has 0 aromatic heterocycles. The standard InChI is InChI=1S/C15H26FNO2/c1-11-6-12(8-14(2,3)7-11)13(19)17-5-4-15(16,9-17)10-18/h11-12,18H,4-10H2,1-3H3. The van der Waals surface area contributed by atoms with Gasteiger partial charge in [0, 0.05) is 18.9 Å². The third kappa shape index (κ3) is 3.28. The van der Waals surface area contributed by atoms with Gasteiger partial charge in [-0.3, -0.25) is 4.79 Å². The Morgan fingerprint density at radius 3 is 2.63 bits per heavy atom. The summed E-state index contributed by atoms with van der Waals surface area (Å²) in [5.41, 5.74) is -1.38. The Hall–Kier alpha value is -0.640. The van der Waals surface area contributed by atoms with Gasteiger partial charge in [0.25, 0.3) is 0 Å². The Morgan fingerprint density at radius 2 is 2.11 bits per heavy atom. The largest absolute Gasteiger partial charge is 0.393 e. The number of likely N-dealkylation sites (tertiary alicyclic amines) is 1. The van der Waals surface area contributed by atoms with Crippen LogP contribution in [0.5, 0.6) is 0 Å². The van der Waals surface area contributed by atoms with Crippen molar-refractivity contribution in [1.29, 1.82) is 0 Å². The molecule has 1 aliphatic heterocycles. The molecule has 1 saturated carbocycles. The fraction of sp³-hybridized carbons (Fsp3) is 0.933. The zero-order valence-corrected chi connectivity index (χ0v) is 12.3. The predicted molar refractivity (Wildman–Crippen MR) is 72.4 cm³/mol. The van der Waals surface area contributed by atoms with Crippen molar-refractivity contribution in [1.82, 2.24) is 4.90 Å². The molecule has 3 nitrogen and oxygen atoms in total. The highest BCUT2D eigenvalue weighted by Crippen LogP contribution is 2.42. The van der Waals surface area contributed by atoms with Crippen LogP contribution in [0.15, 0.2) is 0 Å². The molecule has 0 aromatic rings. The van der Waals surface area contributed by atoms with E-state index in [0.29, 0.717) is 12.5 Å². The van der Waals surface area contributed by atoms with Gasteiger partial charge in [0.15, 0.2) is 5.67 Å². The molecule has 2 fully saturated rings. The topological polar surface area (TPSA) is 40.5 Å². The van der Waals surface area contributed by atoms with Gasteiger partial charge < -0.3 is 10.0 Å². The smallest absolute Gasteiger partial charge is 0.225 e. The summed E-state index contributed by atoms with van der Waals surface area (Å²) in [6, 6.07) is 0. The van der Waals surface area contributed by atoms with Crippen molar-refractivity contribution < 1.29 is 14.3 Å². The zero-order valence-electron chi connectivity index (χ0n) is 12.3. The third-order valence-corrected chi connectivity index (χ3v) is 4.64. The molecule has 0 bridgehead atoms. The minimum atomic E-state index is -1.58. The molecule has 3 unspecified atom stereocenters. The highest BCUT2D eigenvalue weighted by Gasteiger charge is 2.43. The Morgan fingerprint density at radius 1 is 1.42 bits per heavy atom. The minimum absolute atomic E-state index is 0.0276. The molecule has 1 saturated heterocycles. The normalized spacial score (nSPS) is 38.5. The first kappa shape index (κ1) is 14.8. The van der Waals surface area contributed by atoms with Crippen molar-refractivity contribution >= 4 is 5.91 Å². The maximum absolute atomic E-state index is 14.0. The van der Waals surface area contributed by atoms with Crippen molar-refractivity contribution in [3.05, 3.63) is 0 Å². The number of carbonyl (C=O) groups is 1. The van der Waals surface area contributed by atoms with Gasteiger partial charge in [-0.05, 0) is 30.6 Å². The Kier molecular flexibility index (Phi) is 3.92. The molecule has 2 rings (SSSR count). The van der Waals surface area contributed by atoms with Crippen LogP contribution in [0.25, 0.3) is 0 Å². The molecule has 1 amide bonds. The van der Waals surface area contributed by atoms with Gasteiger partial charge in [-0.15, -0.1) is 0 Å². The quantitative estimate of drug-likeness (QED) is 0.837. The van der Waals surface area contributed by atoms with E-state index in [9.17, 15) is 9.18 Å². The lowest BCUT2D eigenvalue weighted by Crippen LogP contribution is -2.42. The van der Waals surface area contributed by atoms with Crippen LogP contribution in [-0.2, 0) is 4.79 Å². The molecule has 0 aromatic carbocycles. The number of carbonyl (C=O) groups excluding carboxylic acids is 1. The Bertz CT molecular complexity index is 358. The van der Waals surface area contributed by atoms with Gasteiger partial charge in [0.2, 0.25) is 5.91 Å². The number of aliphatic hydroxyl groups excluding tert-OH is 1. The number of hydrogen-bond acceptors (Lipinski definition) is 2. The Labute approximate surface area is 115 Å². The van der Waals surface area contributed by atoms with E-state index in [0.717, 1.165) is 19.3 Å². The minimum Gasteiger partial charge on any atom is -0.393 e. The van der Waals surface area contributed by atoms with Crippen molar-refractivity contribution in [3.63, 3.8) is 0 Å². The zero-order chi connectivity index (χ0) is 14.3. The number of alkyl halides is 1. The summed E-state index contributed by atoms with van der Waals surface area (Å²) in [4.78, 5) is 14.1. The molecule has 1 heterocycles. The van der Waals surface area contributed by atoms with Crippen molar-refractivity contribution in [2.24, 2.45) is 17.3 Å². The number of amides is 1. The molecule has 110 valence electrons. The number of aliphatic hydroxyl groups is 1. The fourth-order valence-corrected chi connectivity index (χ4v) is 3.95. The molecule has 0 radical (unpaired) electrons. The summed E-state index contributed by atoms with van der Waals surface area (Å²) in [5, 5.41) is 9.05. The summed E-state index contributed by atoms with van der Waals surface area (Å²) in [5.74, 6) is 0.667. The highest BCUT2D eigenvalue weighted by atomic mass is 19.1. The van der Waals surface area contributed by atoms with E-state index in [1.165, 1.54) is 0 Å². The van der Waals surface area contributed by atoms with Gasteiger partial charge in [0.05, 0.1) is 13.2 Å². The van der Waals surface area contributed by atoms with Gasteiger partial charge in [-0.25, -0.2) is 4.39 Å².